The van der Waals surface area contributed by atoms with E-state index in [1.807, 2.05) is 12.1 Å². The molecule has 1 fully saturated rings. The molecule has 0 radical (unpaired) electrons. The van der Waals surface area contributed by atoms with Gasteiger partial charge in [-0.2, -0.15) is 0 Å². The molecule has 2 aliphatic rings. The minimum absolute atomic E-state index is 0.511. The number of aliphatic hydroxyl groups is 1. The third kappa shape index (κ3) is 2.35. The van der Waals surface area contributed by atoms with Gasteiger partial charge in [-0.15, -0.1) is 0 Å². The Kier molecular flexibility index (Phi) is 2.68. The molecule has 3 nitrogen and oxygen atoms in total. The molecule has 17 heavy (non-hydrogen) atoms. The first-order valence-corrected chi connectivity index (χ1v) is 6.35. The average molecular weight is 255 g/mol. The molecular formula is C13H15ClO3. The molecule has 92 valence electrons. The molecule has 1 heterocycles. The highest BCUT2D eigenvalue weighted by atomic mass is 35.5. The Balaban J connectivity index is 1.91. The maximum absolute atomic E-state index is 9.92. The van der Waals surface area contributed by atoms with Crippen LogP contribution in [0.1, 0.15) is 24.8 Å². The van der Waals surface area contributed by atoms with Crippen LogP contribution in [-0.2, 0) is 6.42 Å². The summed E-state index contributed by atoms with van der Waals surface area (Å²) >= 11 is 6.18. The Bertz CT molecular complexity index is 441. The lowest BCUT2D eigenvalue weighted by molar-refractivity contribution is 0.151. The van der Waals surface area contributed by atoms with Crippen molar-refractivity contribution in [2.75, 3.05) is 13.2 Å². The summed E-state index contributed by atoms with van der Waals surface area (Å²) in [5.41, 5.74) is 0.502. The molecule has 1 aromatic rings. The van der Waals surface area contributed by atoms with E-state index < -0.39 is 5.60 Å². The highest BCUT2D eigenvalue weighted by Gasteiger charge is 2.40. The SMILES string of the molecule is OC1(Cc2cc(Cl)c3c(c2)OCCCO3)CC1. The van der Waals surface area contributed by atoms with Gasteiger partial charge in [0, 0.05) is 12.8 Å². The van der Waals surface area contributed by atoms with Crippen molar-refractivity contribution >= 4 is 11.6 Å². The van der Waals surface area contributed by atoms with Crippen molar-refractivity contribution in [3.05, 3.63) is 22.7 Å². The van der Waals surface area contributed by atoms with Gasteiger partial charge in [0.2, 0.25) is 0 Å². The van der Waals surface area contributed by atoms with Gasteiger partial charge in [0.1, 0.15) is 0 Å². The fraction of sp³-hybridized carbons (Fsp3) is 0.538. The summed E-state index contributed by atoms with van der Waals surface area (Å²) in [5.74, 6) is 1.34. The van der Waals surface area contributed by atoms with E-state index in [9.17, 15) is 5.11 Å². The smallest absolute Gasteiger partial charge is 0.179 e. The standard InChI is InChI=1S/C13H15ClO3/c14-10-6-9(8-13(15)2-3-13)7-11-12(10)17-5-1-4-16-11/h6-7,15H,1-5,8H2. The van der Waals surface area contributed by atoms with Gasteiger partial charge in [-0.3, -0.25) is 0 Å². The van der Waals surface area contributed by atoms with Crippen LogP contribution in [0.2, 0.25) is 5.02 Å². The minimum atomic E-state index is -0.511. The van der Waals surface area contributed by atoms with E-state index in [0.29, 0.717) is 36.2 Å². The van der Waals surface area contributed by atoms with Crippen molar-refractivity contribution in [2.24, 2.45) is 0 Å². The molecule has 0 bridgehead atoms. The number of rotatable bonds is 2. The predicted molar refractivity (Wildman–Crippen MR) is 64.9 cm³/mol. The van der Waals surface area contributed by atoms with Crippen LogP contribution in [-0.4, -0.2) is 23.9 Å². The first-order chi connectivity index (χ1) is 8.16. The third-order valence-electron chi connectivity index (χ3n) is 3.22. The Hall–Kier alpha value is -0.930. The van der Waals surface area contributed by atoms with Crippen LogP contribution < -0.4 is 9.47 Å². The molecule has 1 aliphatic carbocycles. The molecule has 1 N–H and O–H groups in total. The predicted octanol–water partition coefficient (Wildman–Crippen LogP) is 2.57. The van der Waals surface area contributed by atoms with E-state index >= 15 is 0 Å². The van der Waals surface area contributed by atoms with E-state index in [-0.39, 0.29) is 0 Å². The lowest BCUT2D eigenvalue weighted by Crippen LogP contribution is -2.10. The summed E-state index contributed by atoms with van der Waals surface area (Å²) in [6.45, 7) is 1.28. The van der Waals surface area contributed by atoms with Crippen molar-refractivity contribution in [1.29, 1.82) is 0 Å². The summed E-state index contributed by atoms with van der Waals surface area (Å²) in [6.07, 6.45) is 3.26. The van der Waals surface area contributed by atoms with Crippen molar-refractivity contribution in [3.8, 4) is 11.5 Å². The third-order valence-corrected chi connectivity index (χ3v) is 3.50. The van der Waals surface area contributed by atoms with Crippen LogP contribution in [0.4, 0.5) is 0 Å². The van der Waals surface area contributed by atoms with Gasteiger partial charge in [0.05, 0.1) is 23.8 Å². The summed E-state index contributed by atoms with van der Waals surface area (Å²) in [5, 5.41) is 10.5. The normalized spacial score (nSPS) is 20.8. The fourth-order valence-corrected chi connectivity index (χ4v) is 2.38. The molecule has 0 spiro atoms. The van der Waals surface area contributed by atoms with Crippen LogP contribution in [0.15, 0.2) is 12.1 Å². The van der Waals surface area contributed by atoms with Crippen LogP contribution in [0.5, 0.6) is 11.5 Å². The zero-order valence-corrected chi connectivity index (χ0v) is 10.3. The van der Waals surface area contributed by atoms with Crippen LogP contribution in [0.3, 0.4) is 0 Å². The second-order valence-electron chi connectivity index (χ2n) is 4.86. The van der Waals surface area contributed by atoms with Gasteiger partial charge in [-0.05, 0) is 30.5 Å². The van der Waals surface area contributed by atoms with E-state index in [1.54, 1.807) is 0 Å². The molecule has 0 unspecified atom stereocenters. The molecule has 0 amide bonds. The number of halogens is 1. The van der Waals surface area contributed by atoms with E-state index in [0.717, 1.165) is 24.8 Å². The summed E-state index contributed by atoms with van der Waals surface area (Å²) < 4.78 is 11.2. The van der Waals surface area contributed by atoms with E-state index in [1.165, 1.54) is 0 Å². The lowest BCUT2D eigenvalue weighted by atomic mass is 10.1. The van der Waals surface area contributed by atoms with E-state index in [2.05, 4.69) is 0 Å². The highest BCUT2D eigenvalue weighted by Crippen LogP contribution is 2.42. The Morgan fingerprint density at radius 1 is 1.24 bits per heavy atom. The summed E-state index contributed by atoms with van der Waals surface area (Å²) in [6, 6.07) is 3.80. The molecule has 0 aromatic heterocycles. The number of benzene rings is 1. The van der Waals surface area contributed by atoms with Crippen molar-refractivity contribution in [2.45, 2.75) is 31.3 Å². The van der Waals surface area contributed by atoms with Crippen LogP contribution in [0, 0.1) is 0 Å². The second kappa shape index (κ2) is 4.07. The molecule has 1 aliphatic heterocycles. The maximum Gasteiger partial charge on any atom is 0.179 e. The Morgan fingerprint density at radius 2 is 2.00 bits per heavy atom. The highest BCUT2D eigenvalue weighted by molar-refractivity contribution is 6.32. The molecule has 1 saturated carbocycles. The average Bonchev–Trinajstić information content (AvgIpc) is 3.02. The quantitative estimate of drug-likeness (QED) is 0.882. The molecular weight excluding hydrogens is 240 g/mol. The Morgan fingerprint density at radius 3 is 2.76 bits per heavy atom. The molecule has 3 rings (SSSR count). The second-order valence-corrected chi connectivity index (χ2v) is 5.26. The van der Waals surface area contributed by atoms with Gasteiger partial charge in [0.25, 0.3) is 0 Å². The van der Waals surface area contributed by atoms with Gasteiger partial charge in [-0.25, -0.2) is 0 Å². The first-order valence-electron chi connectivity index (χ1n) is 5.97. The Labute approximate surface area is 105 Å². The van der Waals surface area contributed by atoms with Gasteiger partial charge >= 0.3 is 0 Å². The van der Waals surface area contributed by atoms with Gasteiger partial charge in [0.15, 0.2) is 11.5 Å². The van der Waals surface area contributed by atoms with Crippen LogP contribution in [0.25, 0.3) is 0 Å². The maximum atomic E-state index is 9.92. The topological polar surface area (TPSA) is 38.7 Å². The zero-order valence-electron chi connectivity index (χ0n) is 9.54. The van der Waals surface area contributed by atoms with E-state index in [4.69, 9.17) is 21.1 Å². The summed E-state index contributed by atoms with van der Waals surface area (Å²) in [7, 11) is 0. The minimum Gasteiger partial charge on any atom is -0.489 e. The molecule has 1 aromatic carbocycles. The fourth-order valence-electron chi connectivity index (χ4n) is 2.09. The van der Waals surface area contributed by atoms with Crippen molar-refractivity contribution < 1.29 is 14.6 Å². The molecule has 0 saturated heterocycles. The number of fused-ring (bicyclic) bond motifs is 1. The first kappa shape index (κ1) is 11.2. The van der Waals surface area contributed by atoms with Gasteiger partial charge in [-0.1, -0.05) is 11.6 Å². The van der Waals surface area contributed by atoms with Crippen molar-refractivity contribution in [3.63, 3.8) is 0 Å². The number of hydrogen-bond donors (Lipinski definition) is 1. The molecule has 4 heteroatoms. The monoisotopic (exact) mass is 254 g/mol. The number of hydrogen-bond acceptors (Lipinski definition) is 3. The summed E-state index contributed by atoms with van der Waals surface area (Å²) in [4.78, 5) is 0. The van der Waals surface area contributed by atoms with Crippen LogP contribution >= 0.6 is 11.6 Å². The zero-order chi connectivity index (χ0) is 11.9. The van der Waals surface area contributed by atoms with Crippen molar-refractivity contribution in [1.82, 2.24) is 0 Å². The van der Waals surface area contributed by atoms with Gasteiger partial charge < -0.3 is 14.6 Å². The molecule has 0 atom stereocenters. The lowest BCUT2D eigenvalue weighted by Gasteiger charge is -2.13. The largest absolute Gasteiger partial charge is 0.489 e. The number of ether oxygens (including phenoxy) is 2.